The molecule has 6 nitrogen and oxygen atoms in total. The van der Waals surface area contributed by atoms with Crippen molar-refractivity contribution in [3.63, 3.8) is 0 Å². The fourth-order valence-electron chi connectivity index (χ4n) is 3.01. The molecule has 3 rings (SSSR count). The highest BCUT2D eigenvalue weighted by molar-refractivity contribution is 7.88. The molecule has 0 saturated heterocycles. The number of benzene rings is 2. The Hall–Kier alpha value is -2.54. The summed E-state index contributed by atoms with van der Waals surface area (Å²) in [5.41, 5.74) is 2.24. The van der Waals surface area contributed by atoms with Crippen molar-refractivity contribution in [3.8, 4) is 11.5 Å². The van der Waals surface area contributed by atoms with Crippen LogP contribution in [0.4, 0.5) is 0 Å². The first kappa shape index (κ1) is 17.3. The molecule has 0 spiro atoms. The van der Waals surface area contributed by atoms with E-state index in [1.807, 2.05) is 48.5 Å². The summed E-state index contributed by atoms with van der Waals surface area (Å²) in [6, 6.07) is 14.4. The SMILES string of the molecule is COc1ccccc1C1=NN(S(C)(=O)=O)[C@H](c2ccccc2OC)C1. The van der Waals surface area contributed by atoms with Gasteiger partial charge >= 0.3 is 0 Å². The van der Waals surface area contributed by atoms with Crippen LogP contribution in [-0.4, -0.2) is 39.0 Å². The van der Waals surface area contributed by atoms with Crippen molar-refractivity contribution in [1.82, 2.24) is 4.41 Å². The van der Waals surface area contributed by atoms with Crippen LogP contribution in [0.2, 0.25) is 0 Å². The molecule has 2 aromatic carbocycles. The molecule has 1 heterocycles. The molecule has 0 fully saturated rings. The number of rotatable bonds is 5. The van der Waals surface area contributed by atoms with Gasteiger partial charge in [0.05, 0.1) is 32.2 Å². The molecular weight excluding hydrogens is 340 g/mol. The molecular formula is C18H20N2O4S. The summed E-state index contributed by atoms with van der Waals surface area (Å²) >= 11 is 0. The van der Waals surface area contributed by atoms with Gasteiger partial charge in [-0.1, -0.05) is 30.3 Å². The quantitative estimate of drug-likeness (QED) is 0.822. The van der Waals surface area contributed by atoms with Gasteiger partial charge in [0.15, 0.2) is 0 Å². The van der Waals surface area contributed by atoms with Crippen LogP contribution in [-0.2, 0) is 10.0 Å². The molecule has 132 valence electrons. The summed E-state index contributed by atoms with van der Waals surface area (Å²) in [4.78, 5) is 0. The lowest BCUT2D eigenvalue weighted by molar-refractivity contribution is 0.352. The minimum absolute atomic E-state index is 0.438. The van der Waals surface area contributed by atoms with Crippen molar-refractivity contribution < 1.29 is 17.9 Å². The number of nitrogens with zero attached hydrogens (tertiary/aromatic N) is 2. The molecule has 25 heavy (non-hydrogen) atoms. The van der Waals surface area contributed by atoms with E-state index in [0.29, 0.717) is 23.6 Å². The van der Waals surface area contributed by atoms with Crippen molar-refractivity contribution in [2.24, 2.45) is 5.10 Å². The standard InChI is InChI=1S/C18H20N2O4S/c1-23-17-10-6-4-8-13(17)15-12-16(20(19-15)25(3,21)22)14-9-5-7-11-18(14)24-2/h4-11,16H,12H2,1-3H3/t16-/m0/s1. The smallest absolute Gasteiger partial charge is 0.247 e. The summed E-state index contributed by atoms with van der Waals surface area (Å²) in [7, 11) is -0.382. The van der Waals surface area contributed by atoms with Crippen molar-refractivity contribution in [2.75, 3.05) is 20.5 Å². The van der Waals surface area contributed by atoms with Gasteiger partial charge in [-0.05, 0) is 18.2 Å². The van der Waals surface area contributed by atoms with Gasteiger partial charge in [-0.3, -0.25) is 0 Å². The molecule has 1 aliphatic heterocycles. The van der Waals surface area contributed by atoms with Gasteiger partial charge in [-0.2, -0.15) is 9.52 Å². The topological polar surface area (TPSA) is 68.2 Å². The van der Waals surface area contributed by atoms with Gasteiger partial charge in [0.2, 0.25) is 10.0 Å². The normalized spacial score (nSPS) is 17.3. The third kappa shape index (κ3) is 3.32. The molecule has 0 amide bonds. The Balaban J connectivity index is 2.08. The zero-order chi connectivity index (χ0) is 18.0. The highest BCUT2D eigenvalue weighted by Crippen LogP contribution is 2.39. The van der Waals surface area contributed by atoms with Crippen molar-refractivity contribution in [3.05, 3.63) is 59.7 Å². The molecule has 2 aromatic rings. The minimum Gasteiger partial charge on any atom is -0.496 e. The summed E-state index contributed by atoms with van der Waals surface area (Å²) in [6.45, 7) is 0. The first-order valence-corrected chi connectivity index (χ1v) is 9.63. The third-order valence-corrected chi connectivity index (χ3v) is 5.14. The first-order valence-electron chi connectivity index (χ1n) is 7.79. The zero-order valence-electron chi connectivity index (χ0n) is 14.3. The zero-order valence-corrected chi connectivity index (χ0v) is 15.2. The molecule has 1 aliphatic rings. The van der Waals surface area contributed by atoms with Gasteiger partial charge in [-0.15, -0.1) is 0 Å². The van der Waals surface area contributed by atoms with Crippen LogP contribution < -0.4 is 9.47 Å². The Morgan fingerprint density at radius 1 is 1.00 bits per heavy atom. The van der Waals surface area contributed by atoms with E-state index in [-0.39, 0.29) is 0 Å². The molecule has 0 aliphatic carbocycles. The predicted molar refractivity (Wildman–Crippen MR) is 96.6 cm³/mol. The third-order valence-electron chi connectivity index (χ3n) is 4.13. The Morgan fingerprint density at radius 2 is 1.60 bits per heavy atom. The summed E-state index contributed by atoms with van der Waals surface area (Å²) in [5.74, 6) is 1.30. The summed E-state index contributed by atoms with van der Waals surface area (Å²) in [5, 5.41) is 4.40. The van der Waals surface area contributed by atoms with E-state index in [1.54, 1.807) is 14.2 Å². The van der Waals surface area contributed by atoms with E-state index < -0.39 is 16.1 Å². The van der Waals surface area contributed by atoms with Gasteiger partial charge in [0, 0.05) is 17.5 Å². The average molecular weight is 360 g/mol. The Morgan fingerprint density at radius 3 is 2.24 bits per heavy atom. The number of hydrogen-bond donors (Lipinski definition) is 0. The van der Waals surface area contributed by atoms with Crippen molar-refractivity contribution in [2.45, 2.75) is 12.5 Å². The van der Waals surface area contributed by atoms with E-state index in [4.69, 9.17) is 9.47 Å². The van der Waals surface area contributed by atoms with Gasteiger partial charge in [-0.25, -0.2) is 8.42 Å². The number of hydrazone groups is 1. The van der Waals surface area contributed by atoms with E-state index in [9.17, 15) is 8.42 Å². The van der Waals surface area contributed by atoms with Crippen LogP contribution in [0.3, 0.4) is 0 Å². The largest absolute Gasteiger partial charge is 0.496 e. The number of methoxy groups -OCH3 is 2. The summed E-state index contributed by atoms with van der Waals surface area (Å²) < 4.78 is 36.5. The van der Waals surface area contributed by atoms with E-state index in [2.05, 4.69) is 5.10 Å². The molecule has 0 radical (unpaired) electrons. The van der Waals surface area contributed by atoms with Gasteiger partial charge < -0.3 is 9.47 Å². The van der Waals surface area contributed by atoms with Crippen LogP contribution >= 0.6 is 0 Å². The number of sulfonamides is 1. The van der Waals surface area contributed by atoms with Crippen LogP contribution in [0.15, 0.2) is 53.6 Å². The lowest BCUT2D eigenvalue weighted by atomic mass is 9.98. The average Bonchev–Trinajstić information content (AvgIpc) is 3.07. The molecule has 0 unspecified atom stereocenters. The monoisotopic (exact) mass is 360 g/mol. The highest BCUT2D eigenvalue weighted by Gasteiger charge is 2.36. The van der Waals surface area contributed by atoms with Crippen LogP contribution in [0.5, 0.6) is 11.5 Å². The molecule has 1 atom stereocenters. The fraction of sp³-hybridized carbons (Fsp3) is 0.278. The van der Waals surface area contributed by atoms with E-state index in [1.165, 1.54) is 0 Å². The predicted octanol–water partition coefficient (Wildman–Crippen LogP) is 2.81. The van der Waals surface area contributed by atoms with Gasteiger partial charge in [0.25, 0.3) is 0 Å². The second kappa shape index (κ2) is 6.76. The molecule has 0 N–H and O–H groups in total. The number of ether oxygens (including phenoxy) is 2. The molecule has 0 saturated carbocycles. The second-order valence-corrected chi connectivity index (χ2v) is 7.58. The van der Waals surface area contributed by atoms with Crippen LogP contribution in [0, 0.1) is 0 Å². The fourth-order valence-corrected chi connectivity index (χ4v) is 3.91. The number of hydrogen-bond acceptors (Lipinski definition) is 5. The Kier molecular flexibility index (Phi) is 4.67. The van der Waals surface area contributed by atoms with E-state index >= 15 is 0 Å². The lowest BCUT2D eigenvalue weighted by Gasteiger charge is -2.23. The van der Waals surface area contributed by atoms with Crippen LogP contribution in [0.25, 0.3) is 0 Å². The second-order valence-electron chi connectivity index (χ2n) is 5.74. The maximum atomic E-state index is 12.3. The Bertz CT molecular complexity index is 909. The lowest BCUT2D eigenvalue weighted by Crippen LogP contribution is -2.26. The maximum Gasteiger partial charge on any atom is 0.247 e. The number of para-hydroxylation sites is 2. The molecule has 0 aromatic heterocycles. The van der Waals surface area contributed by atoms with Gasteiger partial charge in [0.1, 0.15) is 11.5 Å². The van der Waals surface area contributed by atoms with Crippen LogP contribution in [0.1, 0.15) is 23.6 Å². The minimum atomic E-state index is -3.54. The molecule has 7 heteroatoms. The van der Waals surface area contributed by atoms with Crippen molar-refractivity contribution >= 4 is 15.7 Å². The first-order chi connectivity index (χ1) is 12.0. The molecule has 0 bridgehead atoms. The Labute approximate surface area is 147 Å². The summed E-state index contributed by atoms with van der Waals surface area (Å²) in [6.07, 6.45) is 1.60. The van der Waals surface area contributed by atoms with Crippen molar-refractivity contribution in [1.29, 1.82) is 0 Å². The van der Waals surface area contributed by atoms with E-state index in [0.717, 1.165) is 21.8 Å². The maximum absolute atomic E-state index is 12.3. The highest BCUT2D eigenvalue weighted by atomic mass is 32.2.